The maximum Gasteiger partial charge on any atom is 0.251 e. The molecule has 1 unspecified atom stereocenters. The number of nitrogens with one attached hydrogen (secondary N) is 2. The third kappa shape index (κ3) is 4.82. The molecule has 0 aliphatic carbocycles. The van der Waals surface area contributed by atoms with Gasteiger partial charge in [0, 0.05) is 37.2 Å². The molecule has 2 aliphatic heterocycles. The normalized spacial score (nSPS) is 26.9. The minimum absolute atomic E-state index is 0.0313. The van der Waals surface area contributed by atoms with Gasteiger partial charge in [-0.05, 0) is 57.2 Å². The smallest absolute Gasteiger partial charge is 0.251 e. The van der Waals surface area contributed by atoms with Gasteiger partial charge in [-0.2, -0.15) is 0 Å². The Kier molecular flexibility index (Phi) is 6.08. The summed E-state index contributed by atoms with van der Waals surface area (Å²) in [6.07, 6.45) is 3.97. The summed E-state index contributed by atoms with van der Waals surface area (Å²) in [4.78, 5) is 27.0. The van der Waals surface area contributed by atoms with Crippen LogP contribution in [-0.2, 0) is 4.79 Å². The molecule has 0 spiro atoms. The van der Waals surface area contributed by atoms with Crippen molar-refractivity contribution in [3.8, 4) is 0 Å². The molecular weight excluding hydrogens is 314 g/mol. The monoisotopic (exact) mass is 343 g/mol. The molecule has 1 aromatic rings. The van der Waals surface area contributed by atoms with E-state index < -0.39 is 0 Å². The second kappa shape index (κ2) is 8.48. The molecule has 2 amide bonds. The molecule has 2 aliphatic rings. The summed E-state index contributed by atoms with van der Waals surface area (Å²) in [7, 11) is 0. The molecule has 5 nitrogen and oxygen atoms in total. The number of likely N-dealkylation sites (tertiary alicyclic amines) is 1. The topological polar surface area (TPSA) is 61.4 Å². The second-order valence-corrected chi connectivity index (χ2v) is 7.45. The lowest BCUT2D eigenvalue weighted by molar-refractivity contribution is -0.138. The molecule has 25 heavy (non-hydrogen) atoms. The Morgan fingerprint density at radius 2 is 2.04 bits per heavy atom. The second-order valence-electron chi connectivity index (χ2n) is 7.45. The van der Waals surface area contributed by atoms with Crippen molar-refractivity contribution < 1.29 is 9.59 Å². The van der Waals surface area contributed by atoms with Crippen LogP contribution < -0.4 is 10.6 Å². The number of rotatable bonds is 4. The van der Waals surface area contributed by atoms with Gasteiger partial charge >= 0.3 is 0 Å². The molecule has 2 fully saturated rings. The van der Waals surface area contributed by atoms with Crippen LogP contribution in [0.3, 0.4) is 0 Å². The van der Waals surface area contributed by atoms with Crippen molar-refractivity contribution in [1.82, 2.24) is 15.5 Å². The standard InChI is InChI=1S/C20H29N3O2/c1-15-12-18(9-10-21-15)20(25)23-11-5-6-16(14-23)13-22-19(24)17-7-3-2-4-8-17/h2-4,7-8,15-16,18,21H,5-6,9-14H2,1H3,(H,22,24)/t15-,16?,18-/m0/s1. The third-order valence-electron chi connectivity index (χ3n) is 5.39. The summed E-state index contributed by atoms with van der Waals surface area (Å²) in [5, 5.41) is 6.44. The van der Waals surface area contributed by atoms with Crippen molar-refractivity contribution in [2.24, 2.45) is 11.8 Å². The Labute approximate surface area is 150 Å². The Hall–Kier alpha value is -1.88. The van der Waals surface area contributed by atoms with E-state index >= 15 is 0 Å². The number of carbonyl (C=O) groups is 2. The molecular formula is C20H29N3O2. The van der Waals surface area contributed by atoms with Crippen molar-refractivity contribution in [3.05, 3.63) is 35.9 Å². The first-order chi connectivity index (χ1) is 12.1. The van der Waals surface area contributed by atoms with E-state index in [0.29, 0.717) is 30.0 Å². The fourth-order valence-corrected chi connectivity index (χ4v) is 3.97. The van der Waals surface area contributed by atoms with Crippen LogP contribution in [0.1, 0.15) is 43.0 Å². The predicted octanol–water partition coefficient (Wildman–Crippen LogP) is 2.04. The van der Waals surface area contributed by atoms with Crippen molar-refractivity contribution in [1.29, 1.82) is 0 Å². The van der Waals surface area contributed by atoms with Crippen molar-refractivity contribution >= 4 is 11.8 Å². The maximum atomic E-state index is 12.8. The van der Waals surface area contributed by atoms with Crippen molar-refractivity contribution in [2.75, 3.05) is 26.2 Å². The Morgan fingerprint density at radius 3 is 2.80 bits per heavy atom. The molecule has 0 radical (unpaired) electrons. The van der Waals surface area contributed by atoms with E-state index in [1.165, 1.54) is 0 Å². The summed E-state index contributed by atoms with van der Waals surface area (Å²) < 4.78 is 0. The van der Waals surface area contributed by atoms with E-state index in [4.69, 9.17) is 0 Å². The molecule has 3 atom stereocenters. The zero-order chi connectivity index (χ0) is 17.6. The van der Waals surface area contributed by atoms with E-state index in [0.717, 1.165) is 45.3 Å². The number of hydrogen-bond donors (Lipinski definition) is 2. The summed E-state index contributed by atoms with van der Waals surface area (Å²) >= 11 is 0. The van der Waals surface area contributed by atoms with Gasteiger partial charge in [0.25, 0.3) is 5.91 Å². The molecule has 2 saturated heterocycles. The predicted molar refractivity (Wildman–Crippen MR) is 98.3 cm³/mol. The first-order valence-corrected chi connectivity index (χ1v) is 9.49. The number of hydrogen-bond acceptors (Lipinski definition) is 3. The third-order valence-corrected chi connectivity index (χ3v) is 5.39. The van der Waals surface area contributed by atoms with Crippen LogP contribution in [0.15, 0.2) is 30.3 Å². The highest BCUT2D eigenvalue weighted by atomic mass is 16.2. The Balaban J connectivity index is 1.49. The van der Waals surface area contributed by atoms with Gasteiger partial charge in [0.1, 0.15) is 0 Å². The fourth-order valence-electron chi connectivity index (χ4n) is 3.97. The van der Waals surface area contributed by atoms with Gasteiger partial charge in [-0.25, -0.2) is 0 Å². The van der Waals surface area contributed by atoms with Crippen LogP contribution in [0.5, 0.6) is 0 Å². The molecule has 2 heterocycles. The summed E-state index contributed by atoms with van der Waals surface area (Å²) in [6.45, 7) is 5.35. The van der Waals surface area contributed by atoms with Crippen LogP contribution >= 0.6 is 0 Å². The number of amides is 2. The van der Waals surface area contributed by atoms with Gasteiger partial charge in [0.15, 0.2) is 0 Å². The van der Waals surface area contributed by atoms with Crippen molar-refractivity contribution in [2.45, 2.75) is 38.6 Å². The molecule has 2 N–H and O–H groups in total. The number of piperidine rings is 2. The Bertz CT molecular complexity index is 590. The summed E-state index contributed by atoms with van der Waals surface area (Å²) in [6, 6.07) is 9.72. The van der Waals surface area contributed by atoms with Gasteiger partial charge in [0.2, 0.25) is 5.91 Å². The van der Waals surface area contributed by atoms with Crippen molar-refractivity contribution in [3.63, 3.8) is 0 Å². The van der Waals surface area contributed by atoms with Gasteiger partial charge in [-0.3, -0.25) is 9.59 Å². The van der Waals surface area contributed by atoms with Crippen LogP contribution in [0.4, 0.5) is 0 Å². The number of nitrogens with zero attached hydrogens (tertiary/aromatic N) is 1. The number of benzene rings is 1. The summed E-state index contributed by atoms with van der Waals surface area (Å²) in [5.41, 5.74) is 0.690. The van der Waals surface area contributed by atoms with Crippen LogP contribution in [0.25, 0.3) is 0 Å². The van der Waals surface area contributed by atoms with E-state index in [1.807, 2.05) is 35.2 Å². The highest BCUT2D eigenvalue weighted by Crippen LogP contribution is 2.23. The average molecular weight is 343 g/mol. The highest BCUT2D eigenvalue weighted by molar-refractivity contribution is 5.94. The minimum atomic E-state index is -0.0313. The highest BCUT2D eigenvalue weighted by Gasteiger charge is 2.31. The first kappa shape index (κ1) is 17.9. The molecule has 0 aromatic heterocycles. The maximum absolute atomic E-state index is 12.8. The summed E-state index contributed by atoms with van der Waals surface area (Å²) in [5.74, 6) is 0.794. The van der Waals surface area contributed by atoms with E-state index in [1.54, 1.807) is 0 Å². The Morgan fingerprint density at radius 1 is 1.24 bits per heavy atom. The van der Waals surface area contributed by atoms with Gasteiger partial charge < -0.3 is 15.5 Å². The van der Waals surface area contributed by atoms with Crippen LogP contribution in [0.2, 0.25) is 0 Å². The largest absolute Gasteiger partial charge is 0.352 e. The van der Waals surface area contributed by atoms with Crippen LogP contribution in [-0.4, -0.2) is 48.9 Å². The fraction of sp³-hybridized carbons (Fsp3) is 0.600. The molecule has 0 saturated carbocycles. The van der Waals surface area contributed by atoms with E-state index in [2.05, 4.69) is 17.6 Å². The van der Waals surface area contributed by atoms with E-state index in [-0.39, 0.29) is 11.8 Å². The minimum Gasteiger partial charge on any atom is -0.352 e. The molecule has 0 bridgehead atoms. The van der Waals surface area contributed by atoms with Gasteiger partial charge in [0.05, 0.1) is 0 Å². The molecule has 136 valence electrons. The lowest BCUT2D eigenvalue weighted by Crippen LogP contribution is -2.48. The molecule has 1 aromatic carbocycles. The molecule has 5 heteroatoms. The lowest BCUT2D eigenvalue weighted by atomic mass is 9.90. The quantitative estimate of drug-likeness (QED) is 0.879. The first-order valence-electron chi connectivity index (χ1n) is 9.49. The number of carbonyl (C=O) groups excluding carboxylic acids is 2. The van der Waals surface area contributed by atoms with E-state index in [9.17, 15) is 9.59 Å². The molecule has 3 rings (SSSR count). The van der Waals surface area contributed by atoms with Crippen LogP contribution in [0, 0.1) is 11.8 Å². The zero-order valence-corrected chi connectivity index (χ0v) is 15.0. The van der Waals surface area contributed by atoms with Gasteiger partial charge in [-0.15, -0.1) is 0 Å². The average Bonchev–Trinajstić information content (AvgIpc) is 2.66. The lowest BCUT2D eigenvalue weighted by Gasteiger charge is -2.37. The zero-order valence-electron chi connectivity index (χ0n) is 15.0. The SMILES string of the molecule is C[C@H]1C[C@@H](C(=O)N2CCCC(CNC(=O)c3ccccc3)C2)CCN1. The van der Waals surface area contributed by atoms with Gasteiger partial charge in [-0.1, -0.05) is 18.2 Å².